The quantitative estimate of drug-likeness (QED) is 0.653. The van der Waals surface area contributed by atoms with Gasteiger partial charge in [0, 0.05) is 4.47 Å². The summed E-state index contributed by atoms with van der Waals surface area (Å²) in [4.78, 5) is 11.1. The minimum absolute atomic E-state index is 0.0398. The van der Waals surface area contributed by atoms with Gasteiger partial charge in [-0.15, -0.1) is 0 Å². The van der Waals surface area contributed by atoms with Crippen molar-refractivity contribution in [1.82, 2.24) is 0 Å². The molecule has 0 aliphatic rings. The van der Waals surface area contributed by atoms with Crippen LogP contribution in [0.15, 0.2) is 27.6 Å². The zero-order valence-corrected chi connectivity index (χ0v) is 9.67. The van der Waals surface area contributed by atoms with Crippen LogP contribution in [0, 0.1) is 0 Å². The molecule has 6 heteroatoms. The van der Waals surface area contributed by atoms with E-state index in [-0.39, 0.29) is 10.5 Å². The van der Waals surface area contributed by atoms with Crippen LogP contribution >= 0.6 is 15.9 Å². The van der Waals surface area contributed by atoms with Crippen LogP contribution in [0.2, 0.25) is 0 Å². The van der Waals surface area contributed by atoms with Gasteiger partial charge in [-0.05, 0) is 28.1 Å². The summed E-state index contributed by atoms with van der Waals surface area (Å²) in [5, 5.41) is 0. The molecule has 0 N–H and O–H groups in total. The summed E-state index contributed by atoms with van der Waals surface area (Å²) >= 11 is 3.05. The molecule has 0 saturated heterocycles. The van der Waals surface area contributed by atoms with Crippen LogP contribution in [0.3, 0.4) is 0 Å². The average Bonchev–Trinajstić information content (AvgIpc) is 2.15. The number of rotatable bonds is 2. The second-order valence-electron chi connectivity index (χ2n) is 2.38. The van der Waals surface area contributed by atoms with Crippen LogP contribution < -0.4 is 0 Å². The van der Waals surface area contributed by atoms with E-state index in [1.165, 1.54) is 13.2 Å². The third kappa shape index (κ3) is 2.13. The zero-order valence-electron chi connectivity index (χ0n) is 7.19. The first kappa shape index (κ1) is 11.2. The van der Waals surface area contributed by atoms with E-state index >= 15 is 0 Å². The van der Waals surface area contributed by atoms with Crippen molar-refractivity contribution in [3.63, 3.8) is 0 Å². The maximum absolute atomic E-state index is 11.2. The summed E-state index contributed by atoms with van der Waals surface area (Å²) in [5.74, 6) is -0.666. The van der Waals surface area contributed by atoms with Crippen molar-refractivity contribution in [3.8, 4) is 0 Å². The Morgan fingerprint density at radius 3 is 2.57 bits per heavy atom. The predicted octanol–water partition coefficient (Wildman–Crippen LogP) is 1.21. The number of thiol groups is 1. The van der Waals surface area contributed by atoms with Crippen LogP contribution in [0.25, 0.3) is 0 Å². The SMILES string of the molecule is COC(=O)c1cccc(Br)c1[SH](=O)=O. The summed E-state index contributed by atoms with van der Waals surface area (Å²) in [6.45, 7) is 0. The average molecular weight is 279 g/mol. The maximum Gasteiger partial charge on any atom is 0.339 e. The number of methoxy groups -OCH3 is 1. The molecular weight excluding hydrogens is 272 g/mol. The molecule has 0 aliphatic carbocycles. The number of ether oxygens (including phenoxy) is 1. The van der Waals surface area contributed by atoms with Crippen molar-refractivity contribution in [3.05, 3.63) is 28.2 Å². The van der Waals surface area contributed by atoms with Crippen molar-refractivity contribution in [2.75, 3.05) is 7.11 Å². The molecule has 0 atom stereocenters. The summed E-state index contributed by atoms with van der Waals surface area (Å²) in [6.07, 6.45) is 0. The van der Waals surface area contributed by atoms with Crippen molar-refractivity contribution in [2.45, 2.75) is 4.90 Å². The molecule has 1 aromatic rings. The van der Waals surface area contributed by atoms with Crippen LogP contribution in [0.5, 0.6) is 0 Å². The summed E-state index contributed by atoms with van der Waals surface area (Å²) in [7, 11) is -1.62. The fourth-order valence-electron chi connectivity index (χ4n) is 0.976. The number of carbonyl (C=O) groups excluding carboxylic acids is 1. The molecule has 0 unspecified atom stereocenters. The van der Waals surface area contributed by atoms with Gasteiger partial charge < -0.3 is 4.74 Å². The van der Waals surface area contributed by atoms with E-state index in [2.05, 4.69) is 20.7 Å². The number of benzene rings is 1. The largest absolute Gasteiger partial charge is 0.465 e. The molecule has 0 radical (unpaired) electrons. The molecule has 76 valence electrons. The van der Waals surface area contributed by atoms with Crippen LogP contribution in [0.4, 0.5) is 0 Å². The van der Waals surface area contributed by atoms with Gasteiger partial charge in [0.25, 0.3) is 0 Å². The lowest BCUT2D eigenvalue weighted by molar-refractivity contribution is 0.0596. The minimum Gasteiger partial charge on any atom is -0.465 e. The summed E-state index contributed by atoms with van der Waals surface area (Å²) < 4.78 is 26.5. The Labute approximate surface area is 91.0 Å². The normalized spacial score (nSPS) is 10.2. The first-order valence-corrected chi connectivity index (χ1v) is 5.56. The fraction of sp³-hybridized carbons (Fsp3) is 0.125. The van der Waals surface area contributed by atoms with Crippen molar-refractivity contribution in [2.24, 2.45) is 0 Å². The van der Waals surface area contributed by atoms with Crippen molar-refractivity contribution >= 4 is 32.6 Å². The predicted molar refractivity (Wildman–Crippen MR) is 54.1 cm³/mol. The van der Waals surface area contributed by atoms with Crippen LogP contribution in [-0.4, -0.2) is 21.5 Å². The third-order valence-corrected chi connectivity index (χ3v) is 3.39. The van der Waals surface area contributed by atoms with Gasteiger partial charge in [0.05, 0.1) is 17.6 Å². The standard InChI is InChI=1S/C8H7BrO4S/c1-13-8(10)5-3-2-4-6(9)7(5)14(11)12/h2-4,14H,1H3. The molecule has 0 amide bonds. The topological polar surface area (TPSA) is 60.4 Å². The van der Waals surface area contributed by atoms with Gasteiger partial charge in [-0.1, -0.05) is 6.07 Å². The molecule has 0 aliphatic heterocycles. The molecule has 0 saturated carbocycles. The second kappa shape index (κ2) is 4.56. The first-order valence-electron chi connectivity index (χ1n) is 3.59. The fourth-order valence-corrected chi connectivity index (χ4v) is 2.39. The lowest BCUT2D eigenvalue weighted by atomic mass is 10.2. The Morgan fingerprint density at radius 2 is 2.07 bits per heavy atom. The number of hydrogen-bond acceptors (Lipinski definition) is 4. The van der Waals surface area contributed by atoms with E-state index in [0.717, 1.165) is 0 Å². The van der Waals surface area contributed by atoms with E-state index < -0.39 is 16.7 Å². The van der Waals surface area contributed by atoms with Gasteiger partial charge in [-0.25, -0.2) is 13.2 Å². The third-order valence-electron chi connectivity index (χ3n) is 1.57. The Kier molecular flexibility index (Phi) is 3.65. The first-order chi connectivity index (χ1) is 6.57. The van der Waals surface area contributed by atoms with Gasteiger partial charge in [0.15, 0.2) is 10.7 Å². The van der Waals surface area contributed by atoms with E-state index in [1.54, 1.807) is 12.1 Å². The Balaban J connectivity index is 3.43. The molecular formula is C8H7BrO4S. The van der Waals surface area contributed by atoms with Crippen LogP contribution in [0.1, 0.15) is 10.4 Å². The van der Waals surface area contributed by atoms with Gasteiger partial charge in [0.2, 0.25) is 0 Å². The highest BCUT2D eigenvalue weighted by atomic mass is 79.9. The Morgan fingerprint density at radius 1 is 1.43 bits per heavy atom. The van der Waals surface area contributed by atoms with Gasteiger partial charge in [-0.2, -0.15) is 0 Å². The molecule has 1 aromatic carbocycles. The Hall–Kier alpha value is -0.880. The lowest BCUT2D eigenvalue weighted by Crippen LogP contribution is -2.05. The van der Waals surface area contributed by atoms with Gasteiger partial charge in [0.1, 0.15) is 0 Å². The van der Waals surface area contributed by atoms with Crippen molar-refractivity contribution in [1.29, 1.82) is 0 Å². The summed E-state index contributed by atoms with van der Waals surface area (Å²) in [6, 6.07) is 4.52. The smallest absolute Gasteiger partial charge is 0.339 e. The number of carbonyl (C=O) groups is 1. The number of esters is 1. The number of halogens is 1. The molecule has 4 nitrogen and oxygen atoms in total. The highest BCUT2D eigenvalue weighted by Gasteiger charge is 2.15. The molecule has 0 spiro atoms. The number of hydrogen-bond donors (Lipinski definition) is 1. The van der Waals surface area contributed by atoms with E-state index in [9.17, 15) is 13.2 Å². The minimum atomic E-state index is -2.82. The second-order valence-corrected chi connectivity index (χ2v) is 4.20. The molecule has 0 bridgehead atoms. The molecule has 0 heterocycles. The molecule has 1 rings (SSSR count). The van der Waals surface area contributed by atoms with Crippen LogP contribution in [-0.2, 0) is 15.4 Å². The highest BCUT2D eigenvalue weighted by molar-refractivity contribution is 9.10. The summed E-state index contributed by atoms with van der Waals surface area (Å²) in [5.41, 5.74) is 0.0398. The van der Waals surface area contributed by atoms with Crippen molar-refractivity contribution < 1.29 is 17.9 Å². The van der Waals surface area contributed by atoms with Gasteiger partial charge in [-0.3, -0.25) is 0 Å². The van der Waals surface area contributed by atoms with E-state index in [1.807, 2.05) is 0 Å². The van der Waals surface area contributed by atoms with Gasteiger partial charge >= 0.3 is 5.97 Å². The monoisotopic (exact) mass is 278 g/mol. The molecule has 14 heavy (non-hydrogen) atoms. The molecule has 0 fully saturated rings. The maximum atomic E-state index is 11.2. The Bertz CT molecular complexity index is 431. The zero-order chi connectivity index (χ0) is 10.7. The van der Waals surface area contributed by atoms with E-state index in [4.69, 9.17) is 0 Å². The highest BCUT2D eigenvalue weighted by Crippen LogP contribution is 2.22. The lowest BCUT2D eigenvalue weighted by Gasteiger charge is -2.03. The van der Waals surface area contributed by atoms with E-state index in [0.29, 0.717) is 4.47 Å². The molecule has 0 aromatic heterocycles.